The van der Waals surface area contributed by atoms with Gasteiger partial charge in [0.25, 0.3) is 0 Å². The van der Waals surface area contributed by atoms with Crippen LogP contribution in [0.1, 0.15) is 24.7 Å². The monoisotopic (exact) mass is 460 g/mol. The van der Waals surface area contributed by atoms with Gasteiger partial charge in [0.05, 0.1) is 24.6 Å². The summed E-state index contributed by atoms with van der Waals surface area (Å²) in [6.45, 7) is 8.88. The van der Waals surface area contributed by atoms with Crippen LogP contribution in [-0.2, 0) is 22.4 Å². The van der Waals surface area contributed by atoms with Crippen LogP contribution in [0.25, 0.3) is 28.2 Å². The average Bonchev–Trinajstić information content (AvgIpc) is 3.49. The molecule has 1 saturated heterocycles. The first-order chi connectivity index (χ1) is 16.7. The number of anilines is 1. The van der Waals surface area contributed by atoms with Gasteiger partial charge in [0, 0.05) is 57.6 Å². The van der Waals surface area contributed by atoms with Crippen LogP contribution in [0, 0.1) is 6.92 Å². The number of morpholine rings is 1. The highest BCUT2D eigenvalue weighted by atomic mass is 16.5. The summed E-state index contributed by atoms with van der Waals surface area (Å²) in [4.78, 5) is 12.5. The van der Waals surface area contributed by atoms with E-state index in [2.05, 4.69) is 53.6 Å². The number of ether oxygens (including phenoxy) is 2. The van der Waals surface area contributed by atoms with Gasteiger partial charge in [-0.05, 0) is 32.4 Å². The number of hydrogen-bond acceptors (Lipinski definition) is 6. The average molecular weight is 461 g/mol. The summed E-state index contributed by atoms with van der Waals surface area (Å²) in [5.41, 5.74) is 6.20. The molecule has 0 atom stereocenters. The zero-order valence-electron chi connectivity index (χ0n) is 20.2. The number of imidazole rings is 1. The molecule has 4 heterocycles. The van der Waals surface area contributed by atoms with E-state index in [1.807, 2.05) is 16.9 Å². The van der Waals surface area contributed by atoms with Crippen LogP contribution >= 0.6 is 0 Å². The van der Waals surface area contributed by atoms with Crippen molar-refractivity contribution >= 4 is 16.9 Å². The number of nitrogens with zero attached hydrogens (tertiary/aromatic N) is 6. The van der Waals surface area contributed by atoms with Crippen molar-refractivity contribution in [3.05, 3.63) is 54.0 Å². The molecule has 0 bridgehead atoms. The van der Waals surface area contributed by atoms with E-state index in [-0.39, 0.29) is 0 Å². The lowest BCUT2D eigenvalue weighted by Gasteiger charge is -2.29. The summed E-state index contributed by atoms with van der Waals surface area (Å²) in [6.07, 6.45) is 3.77. The van der Waals surface area contributed by atoms with Crippen LogP contribution < -0.4 is 4.90 Å². The molecule has 0 aliphatic carbocycles. The number of hydrogen-bond donors (Lipinski definition) is 0. The summed E-state index contributed by atoms with van der Waals surface area (Å²) in [7, 11) is 1.74. The second-order valence-electron chi connectivity index (χ2n) is 8.65. The van der Waals surface area contributed by atoms with Gasteiger partial charge in [0.1, 0.15) is 11.3 Å². The van der Waals surface area contributed by atoms with E-state index in [1.54, 1.807) is 7.11 Å². The van der Waals surface area contributed by atoms with Crippen LogP contribution in [0.3, 0.4) is 0 Å². The summed E-state index contributed by atoms with van der Waals surface area (Å²) in [5, 5.41) is 4.87. The van der Waals surface area contributed by atoms with Gasteiger partial charge in [0.15, 0.2) is 11.5 Å². The minimum Gasteiger partial charge on any atom is -0.385 e. The molecule has 1 aromatic carbocycles. The molecule has 3 aromatic heterocycles. The molecule has 0 saturated carbocycles. The van der Waals surface area contributed by atoms with Crippen LogP contribution in [0.15, 0.2) is 42.6 Å². The van der Waals surface area contributed by atoms with E-state index in [4.69, 9.17) is 24.5 Å². The molecule has 0 spiro atoms. The molecule has 1 fully saturated rings. The first kappa shape index (κ1) is 22.6. The predicted molar refractivity (Wildman–Crippen MR) is 134 cm³/mol. The molecule has 0 unspecified atom stereocenters. The van der Waals surface area contributed by atoms with Gasteiger partial charge in [-0.1, -0.05) is 23.8 Å². The van der Waals surface area contributed by atoms with E-state index >= 15 is 0 Å². The van der Waals surface area contributed by atoms with Crippen LogP contribution in [-0.4, -0.2) is 64.3 Å². The Labute approximate surface area is 200 Å². The Kier molecular flexibility index (Phi) is 6.60. The minimum atomic E-state index is 0.716. The van der Waals surface area contributed by atoms with Crippen LogP contribution in [0.2, 0.25) is 0 Å². The molecule has 5 rings (SSSR count). The van der Waals surface area contributed by atoms with Crippen molar-refractivity contribution in [1.82, 2.24) is 24.3 Å². The maximum Gasteiger partial charge on any atom is 0.164 e. The number of rotatable bonds is 8. The number of aryl methyl sites for hydroxylation is 3. The number of methoxy groups -OCH3 is 1. The van der Waals surface area contributed by atoms with E-state index in [0.717, 1.165) is 78.8 Å². The molecule has 8 heteroatoms. The van der Waals surface area contributed by atoms with E-state index in [0.29, 0.717) is 13.2 Å². The smallest absolute Gasteiger partial charge is 0.164 e. The molecule has 0 radical (unpaired) electrons. The Morgan fingerprint density at radius 2 is 1.94 bits per heavy atom. The van der Waals surface area contributed by atoms with Gasteiger partial charge in [-0.3, -0.25) is 0 Å². The van der Waals surface area contributed by atoms with E-state index in [1.165, 1.54) is 5.56 Å². The van der Waals surface area contributed by atoms with E-state index < -0.39 is 0 Å². The molecule has 1 aliphatic heterocycles. The first-order valence-electron chi connectivity index (χ1n) is 12.0. The van der Waals surface area contributed by atoms with Crippen molar-refractivity contribution < 1.29 is 9.47 Å². The highest BCUT2D eigenvalue weighted by Gasteiger charge is 2.22. The van der Waals surface area contributed by atoms with Gasteiger partial charge in [-0.15, -0.1) is 0 Å². The van der Waals surface area contributed by atoms with Crippen molar-refractivity contribution in [2.45, 2.75) is 33.2 Å². The lowest BCUT2D eigenvalue weighted by Crippen LogP contribution is -2.36. The lowest BCUT2D eigenvalue weighted by molar-refractivity contribution is 0.123. The Morgan fingerprint density at radius 3 is 2.71 bits per heavy atom. The Morgan fingerprint density at radius 1 is 1.09 bits per heavy atom. The van der Waals surface area contributed by atoms with Crippen molar-refractivity contribution in [3.8, 4) is 17.1 Å². The van der Waals surface area contributed by atoms with Crippen molar-refractivity contribution in [2.75, 3.05) is 44.9 Å². The molecule has 178 valence electrons. The SMILES string of the molecule is CCn1c(CCCOC)nc2c(N3CCOCC3)cc(-n3ccc(-c4cccc(C)c4)n3)nc21. The predicted octanol–water partition coefficient (Wildman–Crippen LogP) is 4.03. The molecule has 0 amide bonds. The van der Waals surface area contributed by atoms with Gasteiger partial charge >= 0.3 is 0 Å². The highest BCUT2D eigenvalue weighted by Crippen LogP contribution is 2.30. The Bertz CT molecular complexity index is 1270. The standard InChI is InChI=1S/C26H32N6O2/c1-4-31-23(9-6-14-33-3)27-25-22(30-12-15-34-16-13-30)18-24(28-26(25)31)32-11-10-21(29-32)20-8-5-7-19(2)17-20/h5,7-8,10-11,17-18H,4,6,9,12-16H2,1-3H3. The zero-order valence-corrected chi connectivity index (χ0v) is 20.2. The quantitative estimate of drug-likeness (QED) is 0.370. The number of fused-ring (bicyclic) bond motifs is 1. The molecular weight excluding hydrogens is 428 g/mol. The third-order valence-corrected chi connectivity index (χ3v) is 6.30. The fraction of sp³-hybridized carbons (Fsp3) is 0.423. The first-order valence-corrected chi connectivity index (χ1v) is 12.0. The minimum absolute atomic E-state index is 0.716. The van der Waals surface area contributed by atoms with Gasteiger partial charge in [0.2, 0.25) is 0 Å². The summed E-state index contributed by atoms with van der Waals surface area (Å²) >= 11 is 0. The second-order valence-corrected chi connectivity index (χ2v) is 8.65. The maximum absolute atomic E-state index is 5.61. The summed E-state index contributed by atoms with van der Waals surface area (Å²) in [5.74, 6) is 1.85. The lowest BCUT2D eigenvalue weighted by atomic mass is 10.1. The van der Waals surface area contributed by atoms with Crippen molar-refractivity contribution in [2.24, 2.45) is 0 Å². The molecular formula is C26H32N6O2. The molecule has 4 aromatic rings. The maximum atomic E-state index is 5.61. The van der Waals surface area contributed by atoms with Gasteiger partial charge < -0.3 is 18.9 Å². The van der Waals surface area contributed by atoms with Crippen molar-refractivity contribution in [1.29, 1.82) is 0 Å². The third kappa shape index (κ3) is 4.43. The topological polar surface area (TPSA) is 70.2 Å². The summed E-state index contributed by atoms with van der Waals surface area (Å²) < 4.78 is 15.0. The molecule has 8 nitrogen and oxygen atoms in total. The molecule has 34 heavy (non-hydrogen) atoms. The van der Waals surface area contributed by atoms with Gasteiger partial charge in [-0.25, -0.2) is 14.6 Å². The van der Waals surface area contributed by atoms with Gasteiger partial charge in [-0.2, -0.15) is 5.10 Å². The largest absolute Gasteiger partial charge is 0.385 e. The normalized spacial score (nSPS) is 14.3. The fourth-order valence-electron chi connectivity index (χ4n) is 4.58. The van der Waals surface area contributed by atoms with Crippen LogP contribution in [0.5, 0.6) is 0 Å². The fourth-order valence-corrected chi connectivity index (χ4v) is 4.58. The highest BCUT2D eigenvalue weighted by molar-refractivity contribution is 5.88. The number of pyridine rings is 1. The molecule has 0 N–H and O–H groups in total. The molecule has 1 aliphatic rings. The number of benzene rings is 1. The summed E-state index contributed by atoms with van der Waals surface area (Å²) in [6, 6.07) is 12.6. The third-order valence-electron chi connectivity index (χ3n) is 6.30. The van der Waals surface area contributed by atoms with Crippen molar-refractivity contribution in [3.63, 3.8) is 0 Å². The number of aromatic nitrogens is 5. The Hall–Kier alpha value is -3.23. The zero-order chi connectivity index (χ0) is 23.5. The van der Waals surface area contributed by atoms with E-state index in [9.17, 15) is 0 Å². The van der Waals surface area contributed by atoms with Crippen LogP contribution in [0.4, 0.5) is 5.69 Å². The second kappa shape index (κ2) is 9.95. The Balaban J connectivity index is 1.60.